The van der Waals surface area contributed by atoms with E-state index in [4.69, 9.17) is 11.6 Å². The number of halogens is 1. The molecule has 0 fully saturated rings. The Hall–Kier alpha value is 0.210. The lowest BCUT2D eigenvalue weighted by Gasteiger charge is -2.31. The number of rotatable bonds is 14. The molecule has 0 radical (unpaired) electrons. The molecule has 0 spiro atoms. The summed E-state index contributed by atoms with van der Waals surface area (Å²) in [5.74, 6) is 0. The van der Waals surface area contributed by atoms with Gasteiger partial charge in [-0.25, -0.2) is 0 Å². The SMILES string of the molecule is CCCCCCCCCCC(Cl)CC[N+](C)(C)CC(C)O. The molecule has 21 heavy (non-hydrogen) atoms. The second-order valence-corrected chi connectivity index (χ2v) is 7.96. The van der Waals surface area contributed by atoms with Crippen molar-refractivity contribution in [3.63, 3.8) is 0 Å². The van der Waals surface area contributed by atoms with Gasteiger partial charge in [0.1, 0.15) is 12.6 Å². The molecule has 128 valence electrons. The number of aliphatic hydroxyl groups excluding tert-OH is 1. The molecule has 0 bridgehead atoms. The summed E-state index contributed by atoms with van der Waals surface area (Å²) in [6.07, 6.45) is 12.9. The second kappa shape index (κ2) is 12.7. The average molecular weight is 321 g/mol. The summed E-state index contributed by atoms with van der Waals surface area (Å²) in [5, 5.41) is 9.78. The van der Waals surface area contributed by atoms with Gasteiger partial charge < -0.3 is 9.59 Å². The summed E-state index contributed by atoms with van der Waals surface area (Å²) in [7, 11) is 4.35. The van der Waals surface area contributed by atoms with Crippen molar-refractivity contribution in [2.45, 2.75) is 89.5 Å². The van der Waals surface area contributed by atoms with Gasteiger partial charge in [-0.15, -0.1) is 11.6 Å². The van der Waals surface area contributed by atoms with Gasteiger partial charge >= 0.3 is 0 Å². The van der Waals surface area contributed by atoms with Crippen LogP contribution in [0.2, 0.25) is 0 Å². The van der Waals surface area contributed by atoms with Crippen molar-refractivity contribution >= 4 is 11.6 Å². The number of aliphatic hydroxyl groups is 1. The normalized spacial score (nSPS) is 15.1. The Labute approximate surface area is 138 Å². The molecule has 0 aromatic heterocycles. The fraction of sp³-hybridized carbons (Fsp3) is 1.00. The molecule has 0 rings (SSSR count). The van der Waals surface area contributed by atoms with Crippen molar-refractivity contribution in [3.8, 4) is 0 Å². The van der Waals surface area contributed by atoms with Crippen LogP contribution in [0.1, 0.15) is 78.1 Å². The van der Waals surface area contributed by atoms with Gasteiger partial charge in [0.05, 0.1) is 20.6 Å². The van der Waals surface area contributed by atoms with Crippen LogP contribution in [-0.4, -0.2) is 48.3 Å². The maximum absolute atomic E-state index is 9.48. The van der Waals surface area contributed by atoms with Crippen LogP contribution in [-0.2, 0) is 0 Å². The summed E-state index contributed by atoms with van der Waals surface area (Å²) in [4.78, 5) is 0. The van der Waals surface area contributed by atoms with E-state index in [1.165, 1.54) is 51.4 Å². The van der Waals surface area contributed by atoms with E-state index in [-0.39, 0.29) is 6.10 Å². The lowest BCUT2D eigenvalue weighted by atomic mass is 10.1. The minimum atomic E-state index is -0.235. The molecule has 0 aliphatic rings. The van der Waals surface area contributed by atoms with Gasteiger partial charge in [0.2, 0.25) is 0 Å². The monoisotopic (exact) mass is 320 g/mol. The summed E-state index contributed by atoms with van der Waals surface area (Å²) in [6, 6.07) is 0. The van der Waals surface area contributed by atoms with Gasteiger partial charge in [-0.2, -0.15) is 0 Å². The molecule has 1 N–H and O–H groups in total. The van der Waals surface area contributed by atoms with Crippen LogP contribution in [0.5, 0.6) is 0 Å². The topological polar surface area (TPSA) is 20.2 Å². The minimum Gasteiger partial charge on any atom is -0.388 e. The van der Waals surface area contributed by atoms with E-state index in [9.17, 15) is 5.11 Å². The smallest absolute Gasteiger partial charge is 0.104 e. The highest BCUT2D eigenvalue weighted by atomic mass is 35.5. The van der Waals surface area contributed by atoms with E-state index in [1.807, 2.05) is 6.92 Å². The zero-order valence-corrected chi connectivity index (χ0v) is 15.7. The molecule has 0 aliphatic heterocycles. The van der Waals surface area contributed by atoms with Crippen LogP contribution in [0.25, 0.3) is 0 Å². The number of hydrogen-bond acceptors (Lipinski definition) is 1. The highest BCUT2D eigenvalue weighted by Gasteiger charge is 2.19. The van der Waals surface area contributed by atoms with Gasteiger partial charge in [-0.1, -0.05) is 58.3 Å². The molecule has 2 nitrogen and oxygen atoms in total. The predicted molar refractivity (Wildman–Crippen MR) is 95.0 cm³/mol. The van der Waals surface area contributed by atoms with Crippen molar-refractivity contribution in [2.24, 2.45) is 0 Å². The number of hydrogen-bond donors (Lipinski definition) is 1. The van der Waals surface area contributed by atoms with E-state index >= 15 is 0 Å². The standard InChI is InChI=1S/C18H39ClNO/c1-5-6-7-8-9-10-11-12-13-18(19)14-15-20(3,4)16-17(2)21/h17-18,21H,5-16H2,1-4H3/q+1. The van der Waals surface area contributed by atoms with Crippen LogP contribution in [0, 0.1) is 0 Å². The Morgan fingerprint density at radius 2 is 1.43 bits per heavy atom. The zero-order chi connectivity index (χ0) is 16.1. The van der Waals surface area contributed by atoms with Crippen molar-refractivity contribution in [3.05, 3.63) is 0 Å². The van der Waals surface area contributed by atoms with Crippen LogP contribution in [0.15, 0.2) is 0 Å². The number of alkyl halides is 1. The Bertz CT molecular complexity index is 231. The molecule has 0 aliphatic carbocycles. The number of quaternary nitrogens is 1. The largest absolute Gasteiger partial charge is 0.388 e. The molecule has 0 saturated carbocycles. The highest BCUT2D eigenvalue weighted by Crippen LogP contribution is 2.16. The van der Waals surface area contributed by atoms with Crippen molar-refractivity contribution < 1.29 is 9.59 Å². The first kappa shape index (κ1) is 21.2. The van der Waals surface area contributed by atoms with Crippen molar-refractivity contribution in [2.75, 3.05) is 27.2 Å². The Morgan fingerprint density at radius 1 is 0.905 bits per heavy atom. The van der Waals surface area contributed by atoms with Crippen LogP contribution < -0.4 is 0 Å². The van der Waals surface area contributed by atoms with Crippen LogP contribution in [0.3, 0.4) is 0 Å². The maximum atomic E-state index is 9.48. The minimum absolute atomic E-state index is 0.235. The summed E-state index contributed by atoms with van der Waals surface area (Å²) < 4.78 is 0.859. The summed E-state index contributed by atoms with van der Waals surface area (Å²) in [5.41, 5.74) is 0. The summed E-state index contributed by atoms with van der Waals surface area (Å²) >= 11 is 6.43. The molecule has 0 saturated heterocycles. The summed E-state index contributed by atoms with van der Waals surface area (Å²) in [6.45, 7) is 5.98. The van der Waals surface area contributed by atoms with E-state index in [1.54, 1.807) is 0 Å². The molecule has 0 aromatic rings. The molecule has 0 heterocycles. The Balaban J connectivity index is 3.48. The number of nitrogens with zero attached hydrogens (tertiary/aromatic N) is 1. The molecule has 0 aromatic carbocycles. The highest BCUT2D eigenvalue weighted by molar-refractivity contribution is 6.20. The molecular weight excluding hydrogens is 282 g/mol. The maximum Gasteiger partial charge on any atom is 0.104 e. The van der Waals surface area contributed by atoms with Crippen molar-refractivity contribution in [1.82, 2.24) is 0 Å². The van der Waals surface area contributed by atoms with Crippen molar-refractivity contribution in [1.29, 1.82) is 0 Å². The first-order valence-electron chi connectivity index (χ1n) is 9.01. The number of unbranched alkanes of at least 4 members (excludes halogenated alkanes) is 7. The third-order valence-electron chi connectivity index (χ3n) is 4.18. The third-order valence-corrected chi connectivity index (χ3v) is 4.61. The van der Waals surface area contributed by atoms with E-state index in [0.717, 1.165) is 30.4 Å². The van der Waals surface area contributed by atoms with Gasteiger partial charge in [-0.05, 0) is 13.3 Å². The van der Waals surface area contributed by atoms with Gasteiger partial charge in [-0.3, -0.25) is 0 Å². The number of likely N-dealkylation sites (N-methyl/N-ethyl adjacent to an activating group) is 1. The molecular formula is C18H39ClNO+. The van der Waals surface area contributed by atoms with Crippen LogP contribution >= 0.6 is 11.6 Å². The van der Waals surface area contributed by atoms with E-state index < -0.39 is 0 Å². The molecule has 0 amide bonds. The van der Waals surface area contributed by atoms with Crippen LogP contribution in [0.4, 0.5) is 0 Å². The van der Waals surface area contributed by atoms with Gasteiger partial charge in [0.15, 0.2) is 0 Å². The lowest BCUT2D eigenvalue weighted by Crippen LogP contribution is -2.45. The lowest BCUT2D eigenvalue weighted by molar-refractivity contribution is -0.893. The van der Waals surface area contributed by atoms with E-state index in [0.29, 0.717) is 5.38 Å². The van der Waals surface area contributed by atoms with Gasteiger partial charge in [0, 0.05) is 11.8 Å². The van der Waals surface area contributed by atoms with Gasteiger partial charge in [0.25, 0.3) is 0 Å². The fourth-order valence-electron chi connectivity index (χ4n) is 2.94. The molecule has 3 heteroatoms. The first-order chi connectivity index (χ1) is 9.87. The first-order valence-corrected chi connectivity index (χ1v) is 9.45. The fourth-order valence-corrected chi connectivity index (χ4v) is 3.19. The molecule has 2 atom stereocenters. The third kappa shape index (κ3) is 14.9. The predicted octanol–water partition coefficient (Wildman–Crippen LogP) is 4.97. The second-order valence-electron chi connectivity index (χ2n) is 7.34. The Kier molecular flexibility index (Phi) is 12.9. The van der Waals surface area contributed by atoms with E-state index in [2.05, 4.69) is 21.0 Å². The zero-order valence-electron chi connectivity index (χ0n) is 14.9. The quantitative estimate of drug-likeness (QED) is 0.272. The average Bonchev–Trinajstić information content (AvgIpc) is 2.38. The Morgan fingerprint density at radius 3 is 1.95 bits per heavy atom. The molecule has 2 unspecified atom stereocenters.